The number of nitrogens with zero attached hydrogens (tertiary/aromatic N) is 2. The highest BCUT2D eigenvalue weighted by Gasteiger charge is 2.21. The van der Waals surface area contributed by atoms with Gasteiger partial charge in [0, 0.05) is 25.7 Å². The predicted octanol–water partition coefficient (Wildman–Crippen LogP) is 3.25. The van der Waals surface area contributed by atoms with Crippen molar-refractivity contribution in [1.82, 2.24) is 4.90 Å². The number of carbonyl (C=O) groups is 2. The molecule has 0 saturated carbocycles. The molecule has 0 atom stereocenters. The summed E-state index contributed by atoms with van der Waals surface area (Å²) in [5, 5.41) is 0. The van der Waals surface area contributed by atoms with Gasteiger partial charge in [0.05, 0.1) is 0 Å². The highest BCUT2D eigenvalue weighted by atomic mass is 16.2. The van der Waals surface area contributed by atoms with Gasteiger partial charge in [0.1, 0.15) is 6.54 Å². The third-order valence-corrected chi connectivity index (χ3v) is 3.68. The second-order valence-corrected chi connectivity index (χ2v) is 5.47. The molecular formula is C18H28N2O2. The molecular weight excluding hydrogens is 276 g/mol. The lowest BCUT2D eigenvalue weighted by molar-refractivity contribution is -0.131. The summed E-state index contributed by atoms with van der Waals surface area (Å²) < 4.78 is 0. The smallest absolute Gasteiger partial charge is 0.242 e. The number of aryl methyl sites for hydroxylation is 1. The van der Waals surface area contributed by atoms with Gasteiger partial charge >= 0.3 is 0 Å². The Morgan fingerprint density at radius 1 is 1.00 bits per heavy atom. The number of amides is 2. The maximum atomic E-state index is 12.5. The number of rotatable bonds is 8. The van der Waals surface area contributed by atoms with Crippen LogP contribution in [0, 0.1) is 0 Å². The van der Waals surface area contributed by atoms with E-state index < -0.39 is 0 Å². The maximum Gasteiger partial charge on any atom is 0.242 e. The number of hydrogen-bond acceptors (Lipinski definition) is 2. The van der Waals surface area contributed by atoms with E-state index in [0.29, 0.717) is 0 Å². The molecule has 0 spiro atoms. The Balaban J connectivity index is 2.97. The van der Waals surface area contributed by atoms with Crippen LogP contribution >= 0.6 is 0 Å². The standard InChI is InChI=1S/C18H28N2O2/c1-5-12-19(13-6-2)18(22)14-20(15(4)21)17-11-9-8-10-16(17)7-3/h8-11H,5-7,12-14H2,1-4H3. The SMILES string of the molecule is CCCN(CCC)C(=O)CN(C(C)=O)c1ccccc1CC. The van der Waals surface area contributed by atoms with Crippen molar-refractivity contribution < 1.29 is 9.59 Å². The average molecular weight is 304 g/mol. The molecule has 122 valence electrons. The lowest BCUT2D eigenvalue weighted by Gasteiger charge is -2.28. The fraction of sp³-hybridized carbons (Fsp3) is 0.556. The van der Waals surface area contributed by atoms with Crippen LogP contribution < -0.4 is 4.90 Å². The van der Waals surface area contributed by atoms with E-state index in [0.717, 1.165) is 43.6 Å². The normalized spacial score (nSPS) is 10.4. The molecule has 0 saturated heterocycles. The van der Waals surface area contributed by atoms with Gasteiger partial charge < -0.3 is 9.80 Å². The Labute approximate surface area is 134 Å². The average Bonchev–Trinajstić information content (AvgIpc) is 2.51. The lowest BCUT2D eigenvalue weighted by atomic mass is 10.1. The molecule has 4 heteroatoms. The second-order valence-electron chi connectivity index (χ2n) is 5.47. The zero-order valence-electron chi connectivity index (χ0n) is 14.3. The Morgan fingerprint density at radius 2 is 1.59 bits per heavy atom. The summed E-state index contributed by atoms with van der Waals surface area (Å²) in [4.78, 5) is 28.0. The van der Waals surface area contributed by atoms with Gasteiger partial charge in [-0.05, 0) is 30.9 Å². The number of para-hydroxylation sites is 1. The van der Waals surface area contributed by atoms with E-state index in [1.165, 1.54) is 6.92 Å². The van der Waals surface area contributed by atoms with Gasteiger partial charge in [0.25, 0.3) is 0 Å². The van der Waals surface area contributed by atoms with Crippen molar-refractivity contribution in [2.75, 3.05) is 24.5 Å². The summed E-state index contributed by atoms with van der Waals surface area (Å²) in [5.74, 6) is -0.0768. The largest absolute Gasteiger partial charge is 0.341 e. The summed E-state index contributed by atoms with van der Waals surface area (Å²) in [6.07, 6.45) is 2.69. The van der Waals surface area contributed by atoms with E-state index in [2.05, 4.69) is 20.8 Å². The first kappa shape index (κ1) is 18.2. The summed E-state index contributed by atoms with van der Waals surface area (Å²) in [6.45, 7) is 9.30. The van der Waals surface area contributed by atoms with Gasteiger partial charge in [-0.1, -0.05) is 39.0 Å². The van der Waals surface area contributed by atoms with Crippen LogP contribution in [0.1, 0.15) is 46.1 Å². The van der Waals surface area contributed by atoms with E-state index in [9.17, 15) is 9.59 Å². The van der Waals surface area contributed by atoms with Crippen LogP contribution in [-0.4, -0.2) is 36.3 Å². The van der Waals surface area contributed by atoms with Crippen LogP contribution in [0.3, 0.4) is 0 Å². The summed E-state index contributed by atoms with van der Waals surface area (Å²) in [6, 6.07) is 7.79. The predicted molar refractivity (Wildman–Crippen MR) is 91.0 cm³/mol. The molecule has 0 unspecified atom stereocenters. The molecule has 0 aliphatic heterocycles. The molecule has 0 aliphatic carbocycles. The Bertz CT molecular complexity index is 494. The molecule has 0 aromatic heterocycles. The lowest BCUT2D eigenvalue weighted by Crippen LogP contribution is -2.43. The third kappa shape index (κ3) is 4.86. The van der Waals surface area contributed by atoms with Crippen LogP contribution in [0.4, 0.5) is 5.69 Å². The third-order valence-electron chi connectivity index (χ3n) is 3.68. The maximum absolute atomic E-state index is 12.5. The first-order valence-electron chi connectivity index (χ1n) is 8.18. The van der Waals surface area contributed by atoms with Crippen molar-refractivity contribution in [3.05, 3.63) is 29.8 Å². The minimum absolute atomic E-state index is 0.0183. The molecule has 0 N–H and O–H groups in total. The molecule has 0 fully saturated rings. The number of carbonyl (C=O) groups excluding carboxylic acids is 2. The number of anilines is 1. The van der Waals surface area contributed by atoms with Crippen molar-refractivity contribution in [2.45, 2.75) is 47.0 Å². The van der Waals surface area contributed by atoms with Crippen LogP contribution in [-0.2, 0) is 16.0 Å². The van der Waals surface area contributed by atoms with Gasteiger partial charge in [-0.15, -0.1) is 0 Å². The van der Waals surface area contributed by atoms with Crippen molar-refractivity contribution >= 4 is 17.5 Å². The highest BCUT2D eigenvalue weighted by molar-refractivity contribution is 5.98. The Morgan fingerprint density at radius 3 is 2.09 bits per heavy atom. The summed E-state index contributed by atoms with van der Waals surface area (Å²) >= 11 is 0. The fourth-order valence-electron chi connectivity index (χ4n) is 2.58. The zero-order valence-corrected chi connectivity index (χ0v) is 14.3. The second kappa shape index (κ2) is 9.23. The van der Waals surface area contributed by atoms with E-state index in [1.807, 2.05) is 29.2 Å². The molecule has 4 nitrogen and oxygen atoms in total. The minimum atomic E-state index is -0.0952. The van der Waals surface area contributed by atoms with E-state index in [4.69, 9.17) is 0 Å². The van der Waals surface area contributed by atoms with Crippen molar-refractivity contribution in [1.29, 1.82) is 0 Å². The van der Waals surface area contributed by atoms with Gasteiger partial charge in [0.15, 0.2) is 0 Å². The van der Waals surface area contributed by atoms with Gasteiger partial charge in [-0.25, -0.2) is 0 Å². The van der Waals surface area contributed by atoms with Crippen molar-refractivity contribution in [3.8, 4) is 0 Å². The van der Waals surface area contributed by atoms with Gasteiger partial charge in [-0.2, -0.15) is 0 Å². The summed E-state index contributed by atoms with van der Waals surface area (Å²) in [7, 11) is 0. The van der Waals surface area contributed by atoms with Crippen LogP contribution in [0.5, 0.6) is 0 Å². The van der Waals surface area contributed by atoms with Crippen LogP contribution in [0.15, 0.2) is 24.3 Å². The molecule has 1 rings (SSSR count). The quantitative estimate of drug-likeness (QED) is 0.739. The summed E-state index contributed by atoms with van der Waals surface area (Å²) in [5.41, 5.74) is 1.93. The zero-order chi connectivity index (χ0) is 16.5. The molecule has 0 aliphatic rings. The van der Waals surface area contributed by atoms with Gasteiger partial charge in [-0.3, -0.25) is 9.59 Å². The molecule has 2 amide bonds. The molecule has 22 heavy (non-hydrogen) atoms. The fourth-order valence-corrected chi connectivity index (χ4v) is 2.58. The first-order chi connectivity index (χ1) is 10.5. The van der Waals surface area contributed by atoms with Crippen LogP contribution in [0.2, 0.25) is 0 Å². The molecule has 1 aromatic carbocycles. The van der Waals surface area contributed by atoms with Crippen LogP contribution in [0.25, 0.3) is 0 Å². The molecule has 1 aromatic rings. The number of hydrogen-bond donors (Lipinski definition) is 0. The monoisotopic (exact) mass is 304 g/mol. The van der Waals surface area contributed by atoms with Gasteiger partial charge in [0.2, 0.25) is 11.8 Å². The number of benzene rings is 1. The van der Waals surface area contributed by atoms with Crippen molar-refractivity contribution in [2.24, 2.45) is 0 Å². The Kier molecular flexibility index (Phi) is 7.64. The minimum Gasteiger partial charge on any atom is -0.341 e. The van der Waals surface area contributed by atoms with E-state index in [1.54, 1.807) is 4.90 Å². The molecule has 0 radical (unpaired) electrons. The van der Waals surface area contributed by atoms with E-state index >= 15 is 0 Å². The molecule has 0 heterocycles. The van der Waals surface area contributed by atoms with Crippen molar-refractivity contribution in [3.63, 3.8) is 0 Å². The highest BCUT2D eigenvalue weighted by Crippen LogP contribution is 2.21. The first-order valence-corrected chi connectivity index (χ1v) is 8.18. The van der Waals surface area contributed by atoms with E-state index in [-0.39, 0.29) is 18.4 Å². The topological polar surface area (TPSA) is 40.6 Å². The Hall–Kier alpha value is -1.84. The molecule has 0 bridgehead atoms.